The van der Waals surface area contributed by atoms with Crippen molar-refractivity contribution >= 4 is 11.6 Å². The first-order valence-electron chi connectivity index (χ1n) is 8.49. The first-order chi connectivity index (χ1) is 10.8. The fourth-order valence-electron chi connectivity index (χ4n) is 3.67. The van der Waals surface area contributed by atoms with E-state index in [1.165, 1.54) is 17.7 Å². The molecular weight excluding hydrogens is 276 g/mol. The maximum Gasteiger partial charge on any atom is 0.224 e. The zero-order chi connectivity index (χ0) is 15.4. The average molecular weight is 302 g/mol. The lowest BCUT2D eigenvalue weighted by molar-refractivity contribution is -0.133. The van der Waals surface area contributed by atoms with Crippen molar-refractivity contribution in [3.8, 4) is 0 Å². The number of aliphatic hydroxyl groups excluding tert-OH is 1. The summed E-state index contributed by atoms with van der Waals surface area (Å²) in [6.45, 7) is 3.63. The number of carbonyl (C=O) groups is 1. The van der Waals surface area contributed by atoms with Crippen LogP contribution in [0, 0.1) is 5.92 Å². The third-order valence-electron chi connectivity index (χ3n) is 4.93. The predicted molar refractivity (Wildman–Crippen MR) is 88.0 cm³/mol. The van der Waals surface area contributed by atoms with E-state index in [4.69, 9.17) is 0 Å². The maximum atomic E-state index is 12.4. The summed E-state index contributed by atoms with van der Waals surface area (Å²) < 4.78 is 0. The molecule has 3 rings (SSSR count). The highest BCUT2D eigenvalue weighted by Gasteiger charge is 2.24. The molecule has 4 nitrogen and oxygen atoms in total. The Bertz CT molecular complexity index is 518. The number of para-hydroxylation sites is 1. The zero-order valence-corrected chi connectivity index (χ0v) is 13.2. The second-order valence-corrected chi connectivity index (χ2v) is 6.50. The number of amides is 1. The molecule has 2 heterocycles. The molecule has 0 aliphatic carbocycles. The molecule has 1 aromatic rings. The summed E-state index contributed by atoms with van der Waals surface area (Å²) in [4.78, 5) is 16.7. The molecule has 22 heavy (non-hydrogen) atoms. The summed E-state index contributed by atoms with van der Waals surface area (Å²) in [6.07, 6.45) is 4.95. The van der Waals surface area contributed by atoms with Gasteiger partial charge in [0.1, 0.15) is 0 Å². The number of rotatable bonds is 4. The normalized spacial score (nSPS) is 21.6. The predicted octanol–water partition coefficient (Wildman–Crippen LogP) is 2.06. The Labute approximate surface area is 132 Å². The highest BCUT2D eigenvalue weighted by Crippen LogP contribution is 2.26. The van der Waals surface area contributed by atoms with Crippen molar-refractivity contribution < 1.29 is 9.90 Å². The number of nitrogens with zero attached hydrogens (tertiary/aromatic N) is 2. The smallest absolute Gasteiger partial charge is 0.224 e. The lowest BCUT2D eigenvalue weighted by Gasteiger charge is -2.34. The van der Waals surface area contributed by atoms with Crippen molar-refractivity contribution in [2.75, 3.05) is 37.7 Å². The molecule has 1 N–H and O–H groups in total. The molecular formula is C18H26N2O2. The molecule has 0 bridgehead atoms. The summed E-state index contributed by atoms with van der Waals surface area (Å²) in [7, 11) is 0. The molecule has 120 valence electrons. The molecule has 1 fully saturated rings. The van der Waals surface area contributed by atoms with Gasteiger partial charge in [-0.3, -0.25) is 4.79 Å². The van der Waals surface area contributed by atoms with Gasteiger partial charge in [-0.2, -0.15) is 0 Å². The molecule has 1 atom stereocenters. The van der Waals surface area contributed by atoms with Crippen LogP contribution in [0.1, 0.15) is 31.2 Å². The van der Waals surface area contributed by atoms with Crippen LogP contribution in [0.25, 0.3) is 0 Å². The second kappa shape index (κ2) is 7.14. The maximum absolute atomic E-state index is 12.4. The van der Waals surface area contributed by atoms with E-state index in [1.54, 1.807) is 0 Å². The van der Waals surface area contributed by atoms with Gasteiger partial charge in [0.25, 0.3) is 0 Å². The first-order valence-corrected chi connectivity index (χ1v) is 8.49. The van der Waals surface area contributed by atoms with Crippen molar-refractivity contribution in [1.29, 1.82) is 0 Å². The first kappa shape index (κ1) is 15.3. The summed E-state index contributed by atoms with van der Waals surface area (Å²) in [5, 5.41) is 9.29. The lowest BCUT2D eigenvalue weighted by atomic mass is 9.98. The lowest BCUT2D eigenvalue weighted by Crippen LogP contribution is -2.42. The molecule has 0 aromatic heterocycles. The van der Waals surface area contributed by atoms with Gasteiger partial charge in [-0.15, -0.1) is 0 Å². The van der Waals surface area contributed by atoms with Crippen LogP contribution in [0.3, 0.4) is 0 Å². The number of piperidine rings is 1. The quantitative estimate of drug-likeness (QED) is 0.926. The molecule has 4 heteroatoms. The van der Waals surface area contributed by atoms with Gasteiger partial charge < -0.3 is 14.9 Å². The molecule has 2 aliphatic rings. The van der Waals surface area contributed by atoms with Crippen LogP contribution in [-0.4, -0.2) is 48.7 Å². The van der Waals surface area contributed by atoms with Crippen molar-refractivity contribution in [3.05, 3.63) is 29.8 Å². The van der Waals surface area contributed by atoms with Crippen LogP contribution in [0.2, 0.25) is 0 Å². The van der Waals surface area contributed by atoms with E-state index in [9.17, 15) is 9.90 Å². The Hall–Kier alpha value is -1.55. The summed E-state index contributed by atoms with van der Waals surface area (Å²) in [5.41, 5.74) is 2.70. The summed E-state index contributed by atoms with van der Waals surface area (Å²) in [5.74, 6) is 0.509. The molecule has 1 unspecified atom stereocenters. The van der Waals surface area contributed by atoms with Gasteiger partial charge in [0.15, 0.2) is 0 Å². The van der Waals surface area contributed by atoms with E-state index >= 15 is 0 Å². The molecule has 1 aromatic carbocycles. The summed E-state index contributed by atoms with van der Waals surface area (Å²) in [6, 6.07) is 8.53. The van der Waals surface area contributed by atoms with E-state index < -0.39 is 0 Å². The Morgan fingerprint density at radius 3 is 2.95 bits per heavy atom. The van der Waals surface area contributed by atoms with Gasteiger partial charge in [0, 0.05) is 44.9 Å². The minimum atomic E-state index is 0.198. The number of benzene rings is 1. The van der Waals surface area contributed by atoms with Gasteiger partial charge >= 0.3 is 0 Å². The van der Waals surface area contributed by atoms with Crippen LogP contribution in [0.4, 0.5) is 5.69 Å². The van der Waals surface area contributed by atoms with Gasteiger partial charge in [0.2, 0.25) is 5.91 Å². The van der Waals surface area contributed by atoms with Crippen molar-refractivity contribution in [2.24, 2.45) is 5.92 Å². The Morgan fingerprint density at radius 2 is 2.09 bits per heavy atom. The summed E-state index contributed by atoms with van der Waals surface area (Å²) >= 11 is 0. The number of hydrogen-bond donors (Lipinski definition) is 1. The molecule has 0 radical (unpaired) electrons. The average Bonchev–Trinajstić information content (AvgIpc) is 2.59. The minimum absolute atomic E-state index is 0.198. The van der Waals surface area contributed by atoms with Crippen molar-refractivity contribution in [1.82, 2.24) is 4.90 Å². The van der Waals surface area contributed by atoms with Gasteiger partial charge in [-0.1, -0.05) is 18.2 Å². The molecule has 2 aliphatic heterocycles. The van der Waals surface area contributed by atoms with Crippen LogP contribution in [0.15, 0.2) is 24.3 Å². The molecule has 1 saturated heterocycles. The number of fused-ring (bicyclic) bond motifs is 1. The van der Waals surface area contributed by atoms with Crippen molar-refractivity contribution in [3.63, 3.8) is 0 Å². The Morgan fingerprint density at radius 1 is 1.23 bits per heavy atom. The number of anilines is 1. The van der Waals surface area contributed by atoms with Crippen LogP contribution < -0.4 is 4.90 Å². The fourth-order valence-corrected chi connectivity index (χ4v) is 3.67. The molecule has 0 saturated carbocycles. The van der Waals surface area contributed by atoms with Gasteiger partial charge in [-0.25, -0.2) is 0 Å². The Balaban J connectivity index is 1.55. The van der Waals surface area contributed by atoms with E-state index in [0.29, 0.717) is 6.42 Å². The number of hydrogen-bond acceptors (Lipinski definition) is 3. The van der Waals surface area contributed by atoms with Crippen LogP contribution >= 0.6 is 0 Å². The van der Waals surface area contributed by atoms with Gasteiger partial charge in [0.05, 0.1) is 0 Å². The highest BCUT2D eigenvalue weighted by molar-refractivity contribution is 5.77. The van der Waals surface area contributed by atoms with Crippen LogP contribution in [-0.2, 0) is 11.2 Å². The van der Waals surface area contributed by atoms with E-state index in [0.717, 1.165) is 45.4 Å². The SMILES string of the molecule is O=C(CCN1CCCc2ccccc21)N1CCCC(CO)C1. The molecule has 0 spiro atoms. The van der Waals surface area contributed by atoms with E-state index in [2.05, 4.69) is 29.2 Å². The topological polar surface area (TPSA) is 43.8 Å². The largest absolute Gasteiger partial charge is 0.396 e. The monoisotopic (exact) mass is 302 g/mol. The second-order valence-electron chi connectivity index (χ2n) is 6.50. The fraction of sp³-hybridized carbons (Fsp3) is 0.611. The third kappa shape index (κ3) is 3.43. The number of likely N-dealkylation sites (tertiary alicyclic amines) is 1. The standard InChI is InChI=1S/C18H26N2O2/c21-14-15-5-3-11-20(13-15)18(22)9-12-19-10-4-7-16-6-1-2-8-17(16)19/h1-2,6,8,15,21H,3-5,7,9-14H2. The molecule has 1 amide bonds. The zero-order valence-electron chi connectivity index (χ0n) is 13.2. The van der Waals surface area contributed by atoms with E-state index in [1.807, 2.05) is 4.90 Å². The third-order valence-corrected chi connectivity index (χ3v) is 4.93. The van der Waals surface area contributed by atoms with Crippen molar-refractivity contribution in [2.45, 2.75) is 32.1 Å². The van der Waals surface area contributed by atoms with Gasteiger partial charge in [-0.05, 0) is 43.2 Å². The number of aliphatic hydroxyl groups is 1. The minimum Gasteiger partial charge on any atom is -0.396 e. The van der Waals surface area contributed by atoms with E-state index in [-0.39, 0.29) is 18.4 Å². The highest BCUT2D eigenvalue weighted by atomic mass is 16.3. The number of carbonyl (C=O) groups excluding carboxylic acids is 1. The Kier molecular flexibility index (Phi) is 4.98. The van der Waals surface area contributed by atoms with Crippen LogP contribution in [0.5, 0.6) is 0 Å². The number of aryl methyl sites for hydroxylation is 1.